The SMILES string of the molecule is NC(=O)c1cc2c(nc1N1C=CC(F)(F)C=C1)CCCC2. The number of alkyl halides is 2. The minimum Gasteiger partial charge on any atom is -0.365 e. The predicted octanol–water partition coefficient (Wildman–Crippen LogP) is 2.54. The maximum absolute atomic E-state index is 13.1. The van der Waals surface area contributed by atoms with E-state index >= 15 is 0 Å². The van der Waals surface area contributed by atoms with Gasteiger partial charge in [-0.3, -0.25) is 4.79 Å². The normalized spacial score (nSPS) is 19.4. The molecular formula is C15H15F2N3O. The molecule has 0 radical (unpaired) electrons. The Morgan fingerprint density at radius 3 is 2.57 bits per heavy atom. The number of anilines is 1. The smallest absolute Gasteiger partial charge is 0.288 e. The molecule has 0 spiro atoms. The van der Waals surface area contributed by atoms with Crippen molar-refractivity contribution in [2.45, 2.75) is 31.6 Å². The Kier molecular flexibility index (Phi) is 3.23. The van der Waals surface area contributed by atoms with E-state index in [9.17, 15) is 13.6 Å². The molecule has 0 aromatic carbocycles. The van der Waals surface area contributed by atoms with Crippen molar-refractivity contribution < 1.29 is 13.6 Å². The summed E-state index contributed by atoms with van der Waals surface area (Å²) in [5, 5.41) is 0. The van der Waals surface area contributed by atoms with Gasteiger partial charge in [-0.25, -0.2) is 4.98 Å². The molecular weight excluding hydrogens is 276 g/mol. The first kappa shape index (κ1) is 13.7. The van der Waals surface area contributed by atoms with Gasteiger partial charge in [0.15, 0.2) is 0 Å². The van der Waals surface area contributed by atoms with Crippen molar-refractivity contribution in [2.75, 3.05) is 4.90 Å². The first-order chi connectivity index (χ1) is 9.96. The van der Waals surface area contributed by atoms with Crippen molar-refractivity contribution in [1.29, 1.82) is 0 Å². The Balaban J connectivity index is 2.05. The first-order valence-corrected chi connectivity index (χ1v) is 6.84. The van der Waals surface area contributed by atoms with Gasteiger partial charge in [0, 0.05) is 30.2 Å². The Morgan fingerprint density at radius 2 is 1.90 bits per heavy atom. The Labute approximate surface area is 121 Å². The fourth-order valence-electron chi connectivity index (χ4n) is 2.61. The molecule has 1 aromatic heterocycles. The molecule has 1 aromatic rings. The van der Waals surface area contributed by atoms with Crippen LogP contribution in [0.2, 0.25) is 0 Å². The van der Waals surface area contributed by atoms with Crippen molar-refractivity contribution in [3.05, 3.63) is 47.4 Å². The number of halogens is 2. The highest BCUT2D eigenvalue weighted by Gasteiger charge is 2.27. The Hall–Kier alpha value is -2.24. The molecule has 0 atom stereocenters. The summed E-state index contributed by atoms with van der Waals surface area (Å²) < 4.78 is 26.2. The van der Waals surface area contributed by atoms with Gasteiger partial charge < -0.3 is 10.6 Å². The second-order valence-electron chi connectivity index (χ2n) is 5.25. The van der Waals surface area contributed by atoms with Gasteiger partial charge in [-0.1, -0.05) is 0 Å². The molecule has 21 heavy (non-hydrogen) atoms. The van der Waals surface area contributed by atoms with Gasteiger partial charge in [-0.2, -0.15) is 8.78 Å². The second kappa shape index (κ2) is 4.95. The number of allylic oxidation sites excluding steroid dienone is 2. The topological polar surface area (TPSA) is 59.2 Å². The number of fused-ring (bicyclic) bond motifs is 1. The van der Waals surface area contributed by atoms with E-state index in [1.807, 2.05) is 0 Å². The first-order valence-electron chi connectivity index (χ1n) is 6.84. The summed E-state index contributed by atoms with van der Waals surface area (Å²) in [7, 11) is 0. The quantitative estimate of drug-likeness (QED) is 0.911. The number of aromatic nitrogens is 1. The van der Waals surface area contributed by atoms with Gasteiger partial charge in [0.05, 0.1) is 5.56 Å². The average molecular weight is 291 g/mol. The number of nitrogens with two attached hydrogens (primary N) is 1. The van der Waals surface area contributed by atoms with Crippen LogP contribution in [0.3, 0.4) is 0 Å². The van der Waals surface area contributed by atoms with Crippen LogP contribution in [-0.4, -0.2) is 16.8 Å². The van der Waals surface area contributed by atoms with Crippen LogP contribution in [-0.2, 0) is 12.8 Å². The molecule has 0 bridgehead atoms. The summed E-state index contributed by atoms with van der Waals surface area (Å²) in [4.78, 5) is 17.5. The van der Waals surface area contributed by atoms with Gasteiger partial charge in [-0.15, -0.1) is 0 Å². The van der Waals surface area contributed by atoms with Crippen molar-refractivity contribution in [2.24, 2.45) is 5.73 Å². The summed E-state index contributed by atoms with van der Waals surface area (Å²) >= 11 is 0. The summed E-state index contributed by atoms with van der Waals surface area (Å²) in [5.41, 5.74) is 7.60. The molecule has 3 rings (SSSR count). The summed E-state index contributed by atoms with van der Waals surface area (Å²) in [5.74, 6) is -3.27. The van der Waals surface area contributed by atoms with Gasteiger partial charge in [-0.05, 0) is 37.3 Å². The third-order valence-electron chi connectivity index (χ3n) is 3.71. The molecule has 0 unspecified atom stereocenters. The number of nitrogens with zero attached hydrogens (tertiary/aromatic N) is 2. The minimum absolute atomic E-state index is 0.259. The molecule has 1 aliphatic carbocycles. The maximum Gasteiger partial charge on any atom is 0.288 e. The van der Waals surface area contributed by atoms with E-state index in [4.69, 9.17) is 5.73 Å². The summed E-state index contributed by atoms with van der Waals surface area (Å²) in [6.07, 6.45) is 7.75. The van der Waals surface area contributed by atoms with Crippen LogP contribution >= 0.6 is 0 Å². The van der Waals surface area contributed by atoms with Crippen molar-refractivity contribution in [1.82, 2.24) is 4.98 Å². The highest BCUT2D eigenvalue weighted by Crippen LogP contribution is 2.30. The monoisotopic (exact) mass is 291 g/mol. The highest BCUT2D eigenvalue weighted by molar-refractivity contribution is 5.98. The highest BCUT2D eigenvalue weighted by atomic mass is 19.3. The lowest BCUT2D eigenvalue weighted by atomic mass is 9.94. The number of aryl methyl sites for hydroxylation is 2. The van der Waals surface area contributed by atoms with E-state index in [0.29, 0.717) is 5.82 Å². The third-order valence-corrected chi connectivity index (χ3v) is 3.71. The van der Waals surface area contributed by atoms with Gasteiger partial charge in [0.25, 0.3) is 11.8 Å². The molecule has 0 saturated carbocycles. The van der Waals surface area contributed by atoms with Crippen molar-refractivity contribution >= 4 is 11.7 Å². The average Bonchev–Trinajstić information content (AvgIpc) is 2.46. The Morgan fingerprint density at radius 1 is 1.24 bits per heavy atom. The van der Waals surface area contributed by atoms with Crippen LogP contribution in [0.1, 0.15) is 34.5 Å². The van der Waals surface area contributed by atoms with Crippen LogP contribution in [0.5, 0.6) is 0 Å². The largest absolute Gasteiger partial charge is 0.365 e. The van der Waals surface area contributed by atoms with E-state index in [1.165, 1.54) is 17.3 Å². The van der Waals surface area contributed by atoms with Crippen molar-refractivity contribution in [3.8, 4) is 0 Å². The summed E-state index contributed by atoms with van der Waals surface area (Å²) in [6.45, 7) is 0. The molecule has 2 aliphatic rings. The number of primary amides is 1. The van der Waals surface area contributed by atoms with E-state index in [1.54, 1.807) is 6.07 Å². The Bertz CT molecular complexity index is 637. The molecule has 2 heterocycles. The number of amides is 1. The number of hydrogen-bond acceptors (Lipinski definition) is 3. The molecule has 6 heteroatoms. The molecule has 1 amide bonds. The van der Waals surface area contributed by atoms with Crippen LogP contribution in [0.15, 0.2) is 30.6 Å². The molecule has 0 saturated heterocycles. The van der Waals surface area contributed by atoms with Crippen LogP contribution in [0, 0.1) is 0 Å². The molecule has 110 valence electrons. The fraction of sp³-hybridized carbons (Fsp3) is 0.333. The molecule has 1 aliphatic heterocycles. The van der Waals surface area contributed by atoms with Crippen molar-refractivity contribution in [3.63, 3.8) is 0 Å². The lowest BCUT2D eigenvalue weighted by molar-refractivity contribution is 0.100. The predicted molar refractivity (Wildman–Crippen MR) is 75.1 cm³/mol. The van der Waals surface area contributed by atoms with Gasteiger partial charge in [0.2, 0.25) is 0 Å². The van der Waals surface area contributed by atoms with Crippen LogP contribution < -0.4 is 10.6 Å². The standard InChI is InChI=1S/C15H15F2N3O/c16-15(17)5-7-20(8-6-15)14-11(13(18)21)9-10-3-1-2-4-12(10)19-14/h5-9H,1-4H2,(H2,18,21). The third kappa shape index (κ3) is 2.66. The number of carbonyl (C=O) groups is 1. The molecule has 4 nitrogen and oxygen atoms in total. The van der Waals surface area contributed by atoms with E-state index in [2.05, 4.69) is 4.98 Å². The second-order valence-corrected chi connectivity index (χ2v) is 5.25. The number of carbonyl (C=O) groups excluding carboxylic acids is 1. The van der Waals surface area contributed by atoms with E-state index < -0.39 is 11.8 Å². The summed E-state index contributed by atoms with van der Waals surface area (Å²) in [6, 6.07) is 1.74. The van der Waals surface area contributed by atoms with E-state index in [0.717, 1.165) is 49.1 Å². The number of rotatable bonds is 2. The molecule has 2 N–H and O–H groups in total. The van der Waals surface area contributed by atoms with Crippen LogP contribution in [0.25, 0.3) is 0 Å². The van der Waals surface area contributed by atoms with E-state index in [-0.39, 0.29) is 5.56 Å². The lowest BCUT2D eigenvalue weighted by Crippen LogP contribution is -2.25. The fourth-order valence-corrected chi connectivity index (χ4v) is 2.61. The zero-order valence-corrected chi connectivity index (χ0v) is 11.4. The minimum atomic E-state index is -2.97. The number of hydrogen-bond donors (Lipinski definition) is 1. The van der Waals surface area contributed by atoms with Crippen LogP contribution in [0.4, 0.5) is 14.6 Å². The molecule has 0 fully saturated rings. The van der Waals surface area contributed by atoms with Gasteiger partial charge in [0.1, 0.15) is 5.82 Å². The number of pyridine rings is 1. The zero-order chi connectivity index (χ0) is 15.0. The zero-order valence-electron chi connectivity index (χ0n) is 11.4. The lowest BCUT2D eigenvalue weighted by Gasteiger charge is -2.25. The van der Waals surface area contributed by atoms with Gasteiger partial charge >= 0.3 is 0 Å². The maximum atomic E-state index is 13.1.